The molecule has 2 aromatic carbocycles. The Labute approximate surface area is 191 Å². The van der Waals surface area contributed by atoms with Crippen molar-refractivity contribution in [2.75, 3.05) is 25.6 Å². The van der Waals surface area contributed by atoms with Crippen LogP contribution in [-0.2, 0) is 4.79 Å². The van der Waals surface area contributed by atoms with E-state index >= 15 is 0 Å². The van der Waals surface area contributed by atoms with Gasteiger partial charge in [0.15, 0.2) is 18.1 Å². The molecule has 1 aliphatic rings. The molecule has 0 aliphatic carbocycles. The van der Waals surface area contributed by atoms with E-state index in [-0.39, 0.29) is 24.4 Å². The van der Waals surface area contributed by atoms with Crippen molar-refractivity contribution in [3.8, 4) is 11.5 Å². The number of nitrogens with zero attached hydrogens (tertiary/aromatic N) is 2. The fraction of sp³-hybridized carbons (Fsp3) is 0.240. The topological polar surface area (TPSA) is 80.8 Å². The number of carbonyl (C=O) groups is 2. The molecule has 4 rings (SSSR count). The maximum atomic E-state index is 13.2. The number of rotatable bonds is 7. The fourth-order valence-corrected chi connectivity index (χ4v) is 3.89. The molecular formula is C25H24FN3O4. The summed E-state index contributed by atoms with van der Waals surface area (Å²) in [5.74, 6) is -0.189. The van der Waals surface area contributed by atoms with Crippen LogP contribution >= 0.6 is 0 Å². The Morgan fingerprint density at radius 3 is 2.70 bits per heavy atom. The van der Waals surface area contributed by atoms with Crippen LogP contribution in [0.4, 0.5) is 10.1 Å². The average molecular weight is 449 g/mol. The van der Waals surface area contributed by atoms with Crippen molar-refractivity contribution in [3.63, 3.8) is 0 Å². The third-order valence-corrected chi connectivity index (χ3v) is 5.48. The highest BCUT2D eigenvalue weighted by atomic mass is 19.1. The van der Waals surface area contributed by atoms with E-state index in [9.17, 15) is 14.0 Å². The van der Waals surface area contributed by atoms with Crippen LogP contribution in [0.15, 0.2) is 67.0 Å². The van der Waals surface area contributed by atoms with Crippen molar-refractivity contribution in [2.24, 2.45) is 0 Å². The third kappa shape index (κ3) is 5.28. The predicted octanol–water partition coefficient (Wildman–Crippen LogP) is 4.22. The maximum Gasteiger partial charge on any atom is 0.262 e. The summed E-state index contributed by atoms with van der Waals surface area (Å²) in [5, 5.41) is 2.63. The van der Waals surface area contributed by atoms with Gasteiger partial charge in [0, 0.05) is 30.2 Å². The number of hydrogen-bond donors (Lipinski definition) is 1. The first-order valence-electron chi connectivity index (χ1n) is 10.6. The molecule has 1 N–H and O–H groups in total. The molecule has 0 radical (unpaired) electrons. The number of amides is 2. The molecule has 1 unspecified atom stereocenters. The van der Waals surface area contributed by atoms with Crippen molar-refractivity contribution in [3.05, 3.63) is 83.9 Å². The molecule has 2 heterocycles. The highest BCUT2D eigenvalue weighted by Gasteiger charge is 2.31. The summed E-state index contributed by atoms with van der Waals surface area (Å²) in [5.41, 5.74) is 1.96. The van der Waals surface area contributed by atoms with Gasteiger partial charge in [-0.3, -0.25) is 14.6 Å². The van der Waals surface area contributed by atoms with Gasteiger partial charge < -0.3 is 19.7 Å². The minimum atomic E-state index is -0.403. The number of pyridine rings is 1. The highest BCUT2D eigenvalue weighted by molar-refractivity contribution is 5.95. The molecule has 0 spiro atoms. The summed E-state index contributed by atoms with van der Waals surface area (Å²) in [6.45, 7) is 0.402. The fourth-order valence-electron chi connectivity index (χ4n) is 3.89. The summed E-state index contributed by atoms with van der Waals surface area (Å²) >= 11 is 0. The Morgan fingerprint density at radius 2 is 1.97 bits per heavy atom. The van der Waals surface area contributed by atoms with Crippen LogP contribution in [-0.4, -0.2) is 42.0 Å². The molecule has 3 aromatic rings. The van der Waals surface area contributed by atoms with Crippen LogP contribution in [0.1, 0.15) is 34.8 Å². The van der Waals surface area contributed by atoms with E-state index in [4.69, 9.17) is 9.47 Å². The number of aromatic nitrogens is 1. The van der Waals surface area contributed by atoms with Crippen molar-refractivity contribution in [2.45, 2.75) is 18.9 Å². The van der Waals surface area contributed by atoms with Gasteiger partial charge in [-0.15, -0.1) is 0 Å². The van der Waals surface area contributed by atoms with Crippen molar-refractivity contribution in [1.82, 2.24) is 9.88 Å². The average Bonchev–Trinajstić information content (AvgIpc) is 3.34. The van der Waals surface area contributed by atoms with Gasteiger partial charge in [-0.25, -0.2) is 4.39 Å². The van der Waals surface area contributed by atoms with Crippen LogP contribution in [0.2, 0.25) is 0 Å². The number of nitrogens with one attached hydrogen (secondary N) is 1. The maximum absolute atomic E-state index is 13.2. The van der Waals surface area contributed by atoms with E-state index in [0.29, 0.717) is 29.3 Å². The molecule has 2 amide bonds. The number of anilines is 1. The molecular weight excluding hydrogens is 425 g/mol. The molecule has 170 valence electrons. The minimum absolute atomic E-state index is 0.0109. The molecule has 8 heteroatoms. The van der Waals surface area contributed by atoms with E-state index in [1.165, 1.54) is 31.4 Å². The number of halogens is 1. The zero-order valence-electron chi connectivity index (χ0n) is 18.2. The minimum Gasteiger partial charge on any atom is -0.493 e. The first-order chi connectivity index (χ1) is 16.0. The summed E-state index contributed by atoms with van der Waals surface area (Å²) in [6.07, 6.45) is 5.32. The molecule has 1 atom stereocenters. The second-order valence-electron chi connectivity index (χ2n) is 7.65. The zero-order chi connectivity index (χ0) is 23.2. The Bertz CT molecular complexity index is 1120. The summed E-state index contributed by atoms with van der Waals surface area (Å²) in [4.78, 5) is 31.4. The molecule has 0 bridgehead atoms. The normalized spacial score (nSPS) is 15.2. The third-order valence-electron chi connectivity index (χ3n) is 5.48. The lowest BCUT2D eigenvalue weighted by Gasteiger charge is -2.25. The monoisotopic (exact) mass is 449 g/mol. The van der Waals surface area contributed by atoms with E-state index < -0.39 is 5.91 Å². The van der Waals surface area contributed by atoms with E-state index in [1.807, 2.05) is 17.0 Å². The van der Waals surface area contributed by atoms with Crippen molar-refractivity contribution < 1.29 is 23.5 Å². The summed E-state index contributed by atoms with van der Waals surface area (Å²) in [7, 11) is 1.48. The molecule has 1 saturated heterocycles. The van der Waals surface area contributed by atoms with Gasteiger partial charge in [-0.2, -0.15) is 0 Å². The standard InChI is InChI=1S/C25H24FN3O4/c1-32-23-14-17(25(31)29-13-3-5-21(29)18-4-2-12-27-15-18)6-11-22(23)33-16-24(30)28-20-9-7-19(26)8-10-20/h2,4,6-12,14-15,21H,3,5,13,16H2,1H3,(H,28,30). The molecule has 0 saturated carbocycles. The SMILES string of the molecule is COc1cc(C(=O)N2CCCC2c2cccnc2)ccc1OCC(=O)Nc1ccc(F)cc1. The lowest BCUT2D eigenvalue weighted by Crippen LogP contribution is -2.30. The van der Waals surface area contributed by atoms with Crippen molar-refractivity contribution in [1.29, 1.82) is 0 Å². The first-order valence-corrected chi connectivity index (χ1v) is 10.6. The molecule has 33 heavy (non-hydrogen) atoms. The summed E-state index contributed by atoms with van der Waals surface area (Å²) < 4.78 is 24.0. The van der Waals surface area contributed by atoms with Crippen LogP contribution in [0, 0.1) is 5.82 Å². The second-order valence-corrected chi connectivity index (χ2v) is 7.65. The number of carbonyl (C=O) groups excluding carboxylic acids is 2. The summed E-state index contributed by atoms with van der Waals surface area (Å²) in [6, 6.07) is 14.2. The Hall–Kier alpha value is -3.94. The van der Waals surface area contributed by atoms with Crippen LogP contribution in [0.3, 0.4) is 0 Å². The zero-order valence-corrected chi connectivity index (χ0v) is 18.2. The van der Waals surface area contributed by atoms with Crippen LogP contribution in [0.25, 0.3) is 0 Å². The van der Waals surface area contributed by atoms with Gasteiger partial charge in [-0.05, 0) is 66.9 Å². The van der Waals surface area contributed by atoms with Gasteiger partial charge in [-0.1, -0.05) is 6.07 Å². The number of likely N-dealkylation sites (tertiary alicyclic amines) is 1. The highest BCUT2D eigenvalue weighted by Crippen LogP contribution is 2.34. The smallest absolute Gasteiger partial charge is 0.262 e. The van der Waals surface area contributed by atoms with Gasteiger partial charge >= 0.3 is 0 Å². The quantitative estimate of drug-likeness (QED) is 0.584. The van der Waals surface area contributed by atoms with E-state index in [1.54, 1.807) is 30.6 Å². The second kappa shape index (κ2) is 10.1. The Morgan fingerprint density at radius 1 is 1.15 bits per heavy atom. The number of ether oxygens (including phenoxy) is 2. The van der Waals surface area contributed by atoms with E-state index in [2.05, 4.69) is 10.3 Å². The Kier molecular flexibility index (Phi) is 6.83. The molecule has 1 aromatic heterocycles. The Balaban J connectivity index is 1.42. The number of methoxy groups -OCH3 is 1. The largest absolute Gasteiger partial charge is 0.493 e. The van der Waals surface area contributed by atoms with Gasteiger partial charge in [0.25, 0.3) is 11.8 Å². The number of benzene rings is 2. The molecule has 1 aliphatic heterocycles. The van der Waals surface area contributed by atoms with Gasteiger partial charge in [0.1, 0.15) is 5.82 Å². The van der Waals surface area contributed by atoms with Crippen LogP contribution < -0.4 is 14.8 Å². The lowest BCUT2D eigenvalue weighted by atomic mass is 10.1. The van der Waals surface area contributed by atoms with E-state index in [0.717, 1.165) is 18.4 Å². The van der Waals surface area contributed by atoms with Gasteiger partial charge in [0.2, 0.25) is 0 Å². The van der Waals surface area contributed by atoms with Crippen molar-refractivity contribution >= 4 is 17.5 Å². The lowest BCUT2D eigenvalue weighted by molar-refractivity contribution is -0.118. The first kappa shape index (κ1) is 22.3. The molecule has 7 nitrogen and oxygen atoms in total. The van der Waals surface area contributed by atoms with Crippen LogP contribution in [0.5, 0.6) is 11.5 Å². The predicted molar refractivity (Wildman–Crippen MR) is 121 cm³/mol. The molecule has 1 fully saturated rings. The van der Waals surface area contributed by atoms with Gasteiger partial charge in [0.05, 0.1) is 13.2 Å². The number of hydrogen-bond acceptors (Lipinski definition) is 5.